The van der Waals surface area contributed by atoms with Gasteiger partial charge in [0.25, 0.3) is 0 Å². The Morgan fingerprint density at radius 2 is 0.961 bits per heavy atom. The summed E-state index contributed by atoms with van der Waals surface area (Å²) in [7, 11) is 0. The molecule has 1 saturated carbocycles. The third-order valence-electron chi connectivity index (χ3n) is 11.0. The summed E-state index contributed by atoms with van der Waals surface area (Å²) in [5, 5.41) is 2.63. The Hall–Kier alpha value is -5.44. The van der Waals surface area contributed by atoms with Crippen molar-refractivity contribution in [3.8, 4) is 22.3 Å². The molecule has 0 saturated heterocycles. The molecular weight excluding hydrogens is 635 g/mol. The molecule has 0 aliphatic heterocycles. The van der Waals surface area contributed by atoms with E-state index in [9.17, 15) is 0 Å². The predicted octanol–water partition coefficient (Wildman–Crippen LogP) is 14.5. The van der Waals surface area contributed by atoms with Crippen LogP contribution < -0.4 is 4.90 Å². The largest absolute Gasteiger partial charge is 0.310 e. The summed E-state index contributed by atoms with van der Waals surface area (Å²) in [6.07, 6.45) is 7.60. The summed E-state index contributed by atoms with van der Waals surface area (Å²) >= 11 is 1.88. The van der Waals surface area contributed by atoms with E-state index >= 15 is 0 Å². The van der Waals surface area contributed by atoms with Crippen LogP contribution in [0.15, 0.2) is 176 Å². The van der Waals surface area contributed by atoms with E-state index in [2.05, 4.69) is 181 Å². The minimum atomic E-state index is 0.0563. The van der Waals surface area contributed by atoms with Crippen molar-refractivity contribution in [3.05, 3.63) is 187 Å². The van der Waals surface area contributed by atoms with Crippen LogP contribution >= 0.6 is 11.3 Å². The molecule has 2 heteroatoms. The highest BCUT2D eigenvalue weighted by Gasteiger charge is 2.34. The van der Waals surface area contributed by atoms with E-state index in [-0.39, 0.29) is 5.41 Å². The van der Waals surface area contributed by atoms with E-state index in [4.69, 9.17) is 0 Å². The summed E-state index contributed by atoms with van der Waals surface area (Å²) in [4.78, 5) is 2.44. The van der Waals surface area contributed by atoms with Gasteiger partial charge < -0.3 is 4.90 Å². The Morgan fingerprint density at radius 1 is 0.412 bits per heavy atom. The third-order valence-corrected chi connectivity index (χ3v) is 12.2. The van der Waals surface area contributed by atoms with Gasteiger partial charge in [0.2, 0.25) is 0 Å². The van der Waals surface area contributed by atoms with Crippen molar-refractivity contribution in [1.82, 2.24) is 0 Å². The maximum atomic E-state index is 2.44. The Labute approximate surface area is 305 Å². The van der Waals surface area contributed by atoms with Gasteiger partial charge in [-0.15, -0.1) is 11.3 Å². The minimum Gasteiger partial charge on any atom is -0.310 e. The van der Waals surface area contributed by atoms with Gasteiger partial charge in [0.05, 0.1) is 0 Å². The van der Waals surface area contributed by atoms with E-state index < -0.39 is 0 Å². The molecule has 1 fully saturated rings. The second-order valence-corrected chi connectivity index (χ2v) is 15.1. The standard InChI is InChI=1S/C49H41NS/c1-2-13-34-49(33-12-1,39-19-10-5-11-20-39)40-25-29-42(30-26-40)50(41-27-23-37(24-28-41)36-15-6-3-7-16-36)43-31-32-46-45(35-43)48-44(21-14-22-47(48)51-46)38-17-8-4-9-18-38/h3-11,14-32,35H,1-2,12-13,33-34H2. The minimum absolute atomic E-state index is 0.0563. The first-order valence-corrected chi connectivity index (χ1v) is 19.2. The summed E-state index contributed by atoms with van der Waals surface area (Å²) in [6, 6.07) is 65.1. The fourth-order valence-corrected chi connectivity index (χ4v) is 9.57. The molecule has 1 heterocycles. The van der Waals surface area contributed by atoms with Crippen LogP contribution in [0.5, 0.6) is 0 Å². The molecule has 1 aliphatic rings. The molecule has 0 bridgehead atoms. The zero-order valence-electron chi connectivity index (χ0n) is 28.8. The summed E-state index contributed by atoms with van der Waals surface area (Å²) in [5.74, 6) is 0. The zero-order valence-corrected chi connectivity index (χ0v) is 29.7. The molecular formula is C49H41NS. The van der Waals surface area contributed by atoms with E-state index in [0.29, 0.717) is 0 Å². The third kappa shape index (κ3) is 5.94. The first-order valence-electron chi connectivity index (χ1n) is 18.4. The lowest BCUT2D eigenvalue weighted by Gasteiger charge is -2.35. The molecule has 1 aromatic heterocycles. The number of hydrogen-bond acceptors (Lipinski definition) is 2. The lowest BCUT2D eigenvalue weighted by Crippen LogP contribution is -2.27. The first kappa shape index (κ1) is 31.5. The second-order valence-electron chi connectivity index (χ2n) is 14.0. The predicted molar refractivity (Wildman–Crippen MR) is 220 cm³/mol. The molecule has 248 valence electrons. The van der Waals surface area contributed by atoms with Crippen LogP contribution in [0, 0.1) is 0 Å². The van der Waals surface area contributed by atoms with Crippen LogP contribution in [-0.4, -0.2) is 0 Å². The van der Waals surface area contributed by atoms with Gasteiger partial charge in [-0.25, -0.2) is 0 Å². The molecule has 1 aliphatic carbocycles. The number of nitrogens with zero attached hydrogens (tertiary/aromatic N) is 1. The van der Waals surface area contributed by atoms with E-state index in [1.807, 2.05) is 11.3 Å². The van der Waals surface area contributed by atoms with Crippen molar-refractivity contribution < 1.29 is 0 Å². The topological polar surface area (TPSA) is 3.24 Å². The zero-order chi connectivity index (χ0) is 34.0. The normalized spacial score (nSPS) is 14.4. The highest BCUT2D eigenvalue weighted by atomic mass is 32.1. The molecule has 0 atom stereocenters. The number of hydrogen-bond donors (Lipinski definition) is 0. The second kappa shape index (κ2) is 13.7. The van der Waals surface area contributed by atoms with Crippen LogP contribution in [0.1, 0.15) is 49.7 Å². The summed E-state index contributed by atoms with van der Waals surface area (Å²) in [6.45, 7) is 0. The van der Waals surface area contributed by atoms with Gasteiger partial charge in [0.1, 0.15) is 0 Å². The fourth-order valence-electron chi connectivity index (χ4n) is 8.46. The van der Waals surface area contributed by atoms with Crippen molar-refractivity contribution in [3.63, 3.8) is 0 Å². The highest BCUT2D eigenvalue weighted by molar-refractivity contribution is 7.26. The molecule has 1 nitrogen and oxygen atoms in total. The maximum Gasteiger partial charge on any atom is 0.0468 e. The lowest BCUT2D eigenvalue weighted by atomic mass is 9.69. The molecule has 7 aromatic carbocycles. The van der Waals surface area contributed by atoms with Crippen LogP contribution in [0.25, 0.3) is 42.4 Å². The van der Waals surface area contributed by atoms with Gasteiger partial charge in [-0.3, -0.25) is 0 Å². The van der Waals surface area contributed by atoms with Crippen LogP contribution in [0.4, 0.5) is 17.1 Å². The van der Waals surface area contributed by atoms with Crippen LogP contribution in [0.3, 0.4) is 0 Å². The molecule has 0 spiro atoms. The van der Waals surface area contributed by atoms with Crippen molar-refractivity contribution in [2.24, 2.45) is 0 Å². The van der Waals surface area contributed by atoms with Gasteiger partial charge in [0.15, 0.2) is 0 Å². The number of rotatable bonds is 7. The Kier molecular flexibility index (Phi) is 8.47. The molecule has 8 aromatic rings. The summed E-state index contributed by atoms with van der Waals surface area (Å²) in [5.41, 5.74) is 11.4. The molecule has 0 radical (unpaired) electrons. The summed E-state index contributed by atoms with van der Waals surface area (Å²) < 4.78 is 2.63. The van der Waals surface area contributed by atoms with Crippen molar-refractivity contribution in [2.45, 2.75) is 43.9 Å². The average molecular weight is 676 g/mol. The maximum absolute atomic E-state index is 2.44. The molecule has 0 N–H and O–H groups in total. The van der Waals surface area contributed by atoms with Gasteiger partial charge in [-0.1, -0.05) is 153 Å². The van der Waals surface area contributed by atoms with Crippen molar-refractivity contribution >= 4 is 48.6 Å². The molecule has 51 heavy (non-hydrogen) atoms. The van der Waals surface area contributed by atoms with E-state index in [1.165, 1.54) is 97.8 Å². The SMILES string of the molecule is c1ccc(-c2ccc(N(c3ccc(C4(c5ccccc5)CCCCCC4)cc3)c3ccc4sc5cccc(-c6ccccc6)c5c4c3)cc2)cc1. The highest BCUT2D eigenvalue weighted by Crippen LogP contribution is 2.47. The van der Waals surface area contributed by atoms with Gasteiger partial charge in [0, 0.05) is 42.6 Å². The number of thiophene rings is 1. The van der Waals surface area contributed by atoms with Crippen molar-refractivity contribution in [1.29, 1.82) is 0 Å². The quantitative estimate of drug-likeness (QED) is 0.152. The van der Waals surface area contributed by atoms with Crippen molar-refractivity contribution in [2.75, 3.05) is 4.90 Å². The number of anilines is 3. The first-order chi connectivity index (χ1) is 25.3. The monoisotopic (exact) mass is 675 g/mol. The van der Waals surface area contributed by atoms with E-state index in [1.54, 1.807) is 0 Å². The van der Waals surface area contributed by atoms with Gasteiger partial charge in [-0.05, 0) is 94.8 Å². The molecule has 0 amide bonds. The molecule has 9 rings (SSSR count). The average Bonchev–Trinajstić information content (AvgIpc) is 3.39. The van der Waals surface area contributed by atoms with E-state index in [0.717, 1.165) is 11.4 Å². The fraction of sp³-hybridized carbons (Fsp3) is 0.143. The Balaban J connectivity index is 1.19. The molecule has 0 unspecified atom stereocenters. The Morgan fingerprint density at radius 3 is 1.63 bits per heavy atom. The number of fused-ring (bicyclic) bond motifs is 3. The van der Waals surface area contributed by atoms with Crippen LogP contribution in [-0.2, 0) is 5.41 Å². The van der Waals surface area contributed by atoms with Gasteiger partial charge in [-0.2, -0.15) is 0 Å². The van der Waals surface area contributed by atoms with Gasteiger partial charge >= 0.3 is 0 Å². The van der Waals surface area contributed by atoms with Crippen LogP contribution in [0.2, 0.25) is 0 Å². The lowest BCUT2D eigenvalue weighted by molar-refractivity contribution is 0.446. The smallest absolute Gasteiger partial charge is 0.0468 e. The number of benzene rings is 7. The Bertz CT molecular complexity index is 2380.